The van der Waals surface area contributed by atoms with Gasteiger partial charge in [-0.25, -0.2) is 9.98 Å². The van der Waals surface area contributed by atoms with Gasteiger partial charge in [0.15, 0.2) is 5.82 Å². The van der Waals surface area contributed by atoms with Gasteiger partial charge in [-0.3, -0.25) is 14.9 Å². The molecule has 0 aromatic carbocycles. The number of rotatable bonds is 4. The summed E-state index contributed by atoms with van der Waals surface area (Å²) in [7, 11) is 0. The number of allylic oxidation sites excluding steroid dienone is 1. The Morgan fingerprint density at radius 3 is 2.62 bits per heavy atom. The normalized spacial score (nSPS) is 12.2. The van der Waals surface area contributed by atoms with Gasteiger partial charge in [0.05, 0.1) is 5.57 Å². The van der Waals surface area contributed by atoms with Crippen molar-refractivity contribution in [3.63, 3.8) is 0 Å². The molecule has 0 aliphatic heterocycles. The Hall–Kier alpha value is -2.21. The highest BCUT2D eigenvalue weighted by atomic mass is 35.5. The van der Waals surface area contributed by atoms with Crippen molar-refractivity contribution >= 4 is 35.4 Å². The summed E-state index contributed by atoms with van der Waals surface area (Å²) in [6.45, 7) is 5.04. The Balaban J connectivity index is 2.99. The molecule has 1 rings (SSSR count). The summed E-state index contributed by atoms with van der Waals surface area (Å²) < 4.78 is 0. The Bertz CT molecular complexity index is 600. The highest BCUT2D eigenvalue weighted by Crippen LogP contribution is 2.12. The lowest BCUT2D eigenvalue weighted by molar-refractivity contribution is -0.126. The molecular weight excluding hydrogens is 294 g/mol. The van der Waals surface area contributed by atoms with Gasteiger partial charge in [-0.05, 0) is 38.5 Å². The smallest absolute Gasteiger partial charge is 0.262 e. The minimum Gasteiger partial charge on any atom is -0.512 e. The van der Waals surface area contributed by atoms with E-state index in [1.54, 1.807) is 6.07 Å². The van der Waals surface area contributed by atoms with E-state index in [0.717, 1.165) is 17.5 Å². The number of aliphatic imine (C=N–C) groups is 1. The minimum absolute atomic E-state index is 0.130. The monoisotopic (exact) mass is 309 g/mol. The number of hydrogen-bond acceptors (Lipinski definition) is 5. The first-order valence-electron chi connectivity index (χ1n) is 6.13. The van der Waals surface area contributed by atoms with E-state index in [1.807, 2.05) is 25.2 Å². The van der Waals surface area contributed by atoms with Crippen LogP contribution in [0.1, 0.15) is 18.2 Å². The fourth-order valence-corrected chi connectivity index (χ4v) is 1.63. The van der Waals surface area contributed by atoms with Gasteiger partial charge in [0, 0.05) is 11.9 Å². The lowest BCUT2D eigenvalue weighted by Gasteiger charge is -2.04. The maximum atomic E-state index is 11.8. The number of carbonyl (C=O) groups is 2. The second kappa shape index (κ2) is 7.54. The van der Waals surface area contributed by atoms with Crippen LogP contribution >= 0.6 is 11.6 Å². The Labute approximate surface area is 127 Å². The molecule has 112 valence electrons. The van der Waals surface area contributed by atoms with Crippen molar-refractivity contribution < 1.29 is 14.7 Å². The first-order valence-corrected chi connectivity index (χ1v) is 6.66. The van der Waals surface area contributed by atoms with Crippen LogP contribution < -0.4 is 5.32 Å². The summed E-state index contributed by atoms with van der Waals surface area (Å²) in [5.74, 6) is -1.63. The molecule has 1 heterocycles. The summed E-state index contributed by atoms with van der Waals surface area (Å²) in [6.07, 6.45) is 1.16. The average molecular weight is 310 g/mol. The van der Waals surface area contributed by atoms with Gasteiger partial charge in [-0.15, -0.1) is 11.6 Å². The molecule has 0 aliphatic rings. The molecule has 0 aliphatic carbocycles. The molecule has 21 heavy (non-hydrogen) atoms. The summed E-state index contributed by atoms with van der Waals surface area (Å²) >= 11 is 5.30. The predicted octanol–water partition coefficient (Wildman–Crippen LogP) is 2.11. The van der Waals surface area contributed by atoms with Gasteiger partial charge in [0.2, 0.25) is 5.91 Å². The lowest BCUT2D eigenvalue weighted by Crippen LogP contribution is -2.33. The quantitative estimate of drug-likeness (QED) is 0.386. The predicted molar refractivity (Wildman–Crippen MR) is 81.1 cm³/mol. The van der Waals surface area contributed by atoms with E-state index in [9.17, 15) is 14.7 Å². The van der Waals surface area contributed by atoms with E-state index in [2.05, 4.69) is 9.98 Å². The highest BCUT2D eigenvalue weighted by molar-refractivity contribution is 6.29. The lowest BCUT2D eigenvalue weighted by atomic mass is 10.2. The van der Waals surface area contributed by atoms with E-state index < -0.39 is 11.8 Å². The number of pyridine rings is 1. The number of aromatic nitrogens is 1. The molecule has 0 fully saturated rings. The molecule has 0 bridgehead atoms. The third-order valence-electron chi connectivity index (χ3n) is 2.42. The van der Waals surface area contributed by atoms with Crippen molar-refractivity contribution in [2.24, 2.45) is 4.99 Å². The number of aryl methyl sites for hydroxylation is 2. The average Bonchev–Trinajstić information content (AvgIpc) is 2.37. The standard InChI is InChI=1S/C14H16ClN3O3/c1-8-4-9(2)17-12(5-8)16-7-11(10(3)19)14(21)18-13(20)6-15/h4-5,7,19H,6H2,1-3H3,(H,18,20,21)/b11-10-,16-7+. The fraction of sp³-hybridized carbons (Fsp3) is 0.286. The van der Waals surface area contributed by atoms with Gasteiger partial charge in [0.1, 0.15) is 11.6 Å². The largest absolute Gasteiger partial charge is 0.512 e. The minimum atomic E-state index is -0.770. The zero-order valence-electron chi connectivity index (χ0n) is 12.0. The topological polar surface area (TPSA) is 91.7 Å². The summed E-state index contributed by atoms with van der Waals surface area (Å²) in [4.78, 5) is 31.1. The number of aliphatic hydroxyl groups is 1. The molecule has 1 aromatic rings. The number of nitrogens with one attached hydrogen (secondary N) is 1. The Morgan fingerprint density at radius 2 is 2.10 bits per heavy atom. The van der Waals surface area contributed by atoms with E-state index in [-0.39, 0.29) is 17.2 Å². The van der Waals surface area contributed by atoms with E-state index in [1.165, 1.54) is 6.92 Å². The summed E-state index contributed by atoms with van der Waals surface area (Å²) in [5, 5.41) is 11.5. The number of alkyl halides is 1. The Morgan fingerprint density at radius 1 is 1.43 bits per heavy atom. The summed E-state index contributed by atoms with van der Waals surface area (Å²) in [5.41, 5.74) is 1.63. The van der Waals surface area contributed by atoms with Crippen LogP contribution in [0.4, 0.5) is 5.82 Å². The van der Waals surface area contributed by atoms with Crippen LogP contribution in [-0.2, 0) is 9.59 Å². The number of aliphatic hydroxyl groups excluding tert-OH is 1. The number of amides is 2. The zero-order valence-corrected chi connectivity index (χ0v) is 12.7. The van der Waals surface area contributed by atoms with Crippen LogP contribution in [0.3, 0.4) is 0 Å². The van der Waals surface area contributed by atoms with Crippen LogP contribution in [0.25, 0.3) is 0 Å². The van der Waals surface area contributed by atoms with Crippen molar-refractivity contribution in [3.8, 4) is 0 Å². The first-order chi connectivity index (χ1) is 9.83. The van der Waals surface area contributed by atoms with Gasteiger partial charge < -0.3 is 5.11 Å². The van der Waals surface area contributed by atoms with E-state index in [4.69, 9.17) is 11.6 Å². The maximum absolute atomic E-state index is 11.8. The molecule has 7 heteroatoms. The van der Waals surface area contributed by atoms with Crippen LogP contribution in [0.15, 0.2) is 28.5 Å². The summed E-state index contributed by atoms with van der Waals surface area (Å²) in [6, 6.07) is 3.62. The van der Waals surface area contributed by atoms with Gasteiger partial charge in [-0.1, -0.05) is 0 Å². The van der Waals surface area contributed by atoms with Crippen molar-refractivity contribution in [1.29, 1.82) is 0 Å². The number of nitrogens with zero attached hydrogens (tertiary/aromatic N) is 2. The Kier molecular flexibility index (Phi) is 6.05. The molecule has 2 N–H and O–H groups in total. The molecule has 0 unspecified atom stereocenters. The van der Waals surface area contributed by atoms with Crippen LogP contribution in [0.2, 0.25) is 0 Å². The molecule has 0 spiro atoms. The third kappa shape index (κ3) is 5.35. The molecule has 6 nitrogen and oxygen atoms in total. The second-order valence-electron chi connectivity index (χ2n) is 4.41. The number of halogens is 1. The van der Waals surface area contributed by atoms with E-state index >= 15 is 0 Å². The number of imide groups is 1. The van der Waals surface area contributed by atoms with Crippen molar-refractivity contribution in [1.82, 2.24) is 10.3 Å². The SMILES string of the molecule is C/C(O)=C(\C=N\c1cc(C)cc(C)n1)C(=O)NC(=O)CCl. The maximum Gasteiger partial charge on any atom is 0.262 e. The van der Waals surface area contributed by atoms with Crippen LogP contribution in [0.5, 0.6) is 0 Å². The van der Waals surface area contributed by atoms with Crippen molar-refractivity contribution in [2.75, 3.05) is 5.88 Å². The molecule has 1 aromatic heterocycles. The number of carbonyl (C=O) groups excluding carboxylic acids is 2. The third-order valence-corrected chi connectivity index (χ3v) is 2.66. The van der Waals surface area contributed by atoms with Gasteiger partial charge in [0.25, 0.3) is 5.91 Å². The van der Waals surface area contributed by atoms with Crippen molar-refractivity contribution in [2.45, 2.75) is 20.8 Å². The number of hydrogen-bond donors (Lipinski definition) is 2. The highest BCUT2D eigenvalue weighted by Gasteiger charge is 2.14. The molecule has 0 atom stereocenters. The fourth-order valence-electron chi connectivity index (χ4n) is 1.56. The molecular formula is C14H16ClN3O3. The molecule has 0 saturated heterocycles. The van der Waals surface area contributed by atoms with Crippen LogP contribution in [-0.4, -0.2) is 34.0 Å². The van der Waals surface area contributed by atoms with Crippen LogP contribution in [0, 0.1) is 13.8 Å². The molecule has 0 radical (unpaired) electrons. The first kappa shape index (κ1) is 16.8. The van der Waals surface area contributed by atoms with Gasteiger partial charge >= 0.3 is 0 Å². The zero-order chi connectivity index (χ0) is 16.0. The second-order valence-corrected chi connectivity index (χ2v) is 4.68. The molecule has 0 saturated carbocycles. The molecule has 2 amide bonds. The van der Waals surface area contributed by atoms with E-state index in [0.29, 0.717) is 5.82 Å². The van der Waals surface area contributed by atoms with Crippen molar-refractivity contribution in [3.05, 3.63) is 34.7 Å². The van der Waals surface area contributed by atoms with Gasteiger partial charge in [-0.2, -0.15) is 0 Å².